The van der Waals surface area contributed by atoms with E-state index in [2.05, 4.69) is 10.2 Å². The van der Waals surface area contributed by atoms with Gasteiger partial charge in [-0.3, -0.25) is 4.57 Å². The van der Waals surface area contributed by atoms with E-state index in [0.717, 1.165) is 11.6 Å². The van der Waals surface area contributed by atoms with Gasteiger partial charge in [-0.05, 0) is 6.92 Å². The molecular weight excluding hydrogens is 142 g/mol. The van der Waals surface area contributed by atoms with E-state index in [1.54, 1.807) is 0 Å². The molecule has 0 saturated heterocycles. The van der Waals surface area contributed by atoms with E-state index in [0.29, 0.717) is 13.3 Å². The van der Waals surface area contributed by atoms with E-state index >= 15 is 0 Å². The van der Waals surface area contributed by atoms with Crippen LogP contribution in [0.2, 0.25) is 0 Å². The van der Waals surface area contributed by atoms with Crippen molar-refractivity contribution in [2.45, 2.75) is 34.1 Å². The highest BCUT2D eigenvalue weighted by atomic mass is 16.5. The van der Waals surface area contributed by atoms with Gasteiger partial charge in [0.05, 0.1) is 0 Å². The van der Waals surface area contributed by atoms with E-state index in [9.17, 15) is 0 Å². The Kier molecular flexibility index (Phi) is 2.59. The SMILES string of the molecule is CC.Cc1nnc2n1COC2. The van der Waals surface area contributed by atoms with Crippen molar-refractivity contribution in [2.75, 3.05) is 0 Å². The lowest BCUT2D eigenvalue weighted by atomic mass is 10.6. The zero-order valence-electron chi connectivity index (χ0n) is 7.16. The predicted octanol–water partition coefficient (Wildman–Crippen LogP) is 1.10. The summed E-state index contributed by atoms with van der Waals surface area (Å²) >= 11 is 0. The minimum atomic E-state index is 0.612. The monoisotopic (exact) mass is 155 g/mol. The quantitative estimate of drug-likeness (QED) is 0.563. The number of hydrogen-bond acceptors (Lipinski definition) is 3. The Labute approximate surface area is 66.2 Å². The van der Waals surface area contributed by atoms with Gasteiger partial charge in [-0.2, -0.15) is 0 Å². The van der Waals surface area contributed by atoms with E-state index in [1.807, 2.05) is 25.3 Å². The molecule has 0 amide bonds. The van der Waals surface area contributed by atoms with Gasteiger partial charge in [-0.25, -0.2) is 0 Å². The Morgan fingerprint density at radius 2 is 2.09 bits per heavy atom. The van der Waals surface area contributed by atoms with Crippen molar-refractivity contribution in [3.63, 3.8) is 0 Å². The van der Waals surface area contributed by atoms with Gasteiger partial charge in [0.1, 0.15) is 19.2 Å². The molecule has 1 aromatic heterocycles. The van der Waals surface area contributed by atoms with E-state index < -0.39 is 0 Å². The molecule has 0 atom stereocenters. The van der Waals surface area contributed by atoms with Crippen LogP contribution < -0.4 is 0 Å². The van der Waals surface area contributed by atoms with Crippen LogP contribution in [0.1, 0.15) is 25.5 Å². The zero-order chi connectivity index (χ0) is 8.27. The van der Waals surface area contributed by atoms with Crippen molar-refractivity contribution in [1.29, 1.82) is 0 Å². The smallest absolute Gasteiger partial charge is 0.161 e. The number of ether oxygens (including phenoxy) is 1. The van der Waals surface area contributed by atoms with Crippen molar-refractivity contribution in [1.82, 2.24) is 14.8 Å². The Morgan fingerprint density at radius 1 is 1.36 bits per heavy atom. The number of aryl methyl sites for hydroxylation is 1. The van der Waals surface area contributed by atoms with Gasteiger partial charge < -0.3 is 4.74 Å². The van der Waals surface area contributed by atoms with Gasteiger partial charge in [-0.15, -0.1) is 10.2 Å². The summed E-state index contributed by atoms with van der Waals surface area (Å²) in [6, 6.07) is 0. The Morgan fingerprint density at radius 3 is 2.73 bits per heavy atom. The minimum absolute atomic E-state index is 0.612. The van der Waals surface area contributed by atoms with Gasteiger partial charge in [0.15, 0.2) is 5.82 Å². The highest BCUT2D eigenvalue weighted by molar-refractivity contribution is 4.93. The molecule has 4 nitrogen and oxygen atoms in total. The lowest BCUT2D eigenvalue weighted by Crippen LogP contribution is -1.95. The maximum atomic E-state index is 5.10. The molecule has 11 heavy (non-hydrogen) atoms. The van der Waals surface area contributed by atoms with Crippen molar-refractivity contribution in [3.05, 3.63) is 11.6 Å². The molecule has 0 bridgehead atoms. The third-order valence-corrected chi connectivity index (χ3v) is 1.46. The van der Waals surface area contributed by atoms with E-state index in [-0.39, 0.29) is 0 Å². The van der Waals surface area contributed by atoms with Crippen molar-refractivity contribution in [3.8, 4) is 0 Å². The van der Waals surface area contributed by atoms with Crippen LogP contribution in [0.3, 0.4) is 0 Å². The van der Waals surface area contributed by atoms with Gasteiger partial charge in [0, 0.05) is 0 Å². The van der Waals surface area contributed by atoms with Crippen molar-refractivity contribution in [2.24, 2.45) is 0 Å². The molecule has 0 radical (unpaired) electrons. The summed E-state index contributed by atoms with van der Waals surface area (Å²) in [5.74, 6) is 1.87. The number of hydrogen-bond donors (Lipinski definition) is 0. The lowest BCUT2D eigenvalue weighted by Gasteiger charge is -1.91. The molecule has 0 spiro atoms. The second-order valence-corrected chi connectivity index (χ2v) is 2.07. The number of fused-ring (bicyclic) bond motifs is 1. The molecule has 62 valence electrons. The first-order valence-electron chi connectivity index (χ1n) is 3.84. The topological polar surface area (TPSA) is 39.9 Å². The molecule has 1 aliphatic rings. The fraction of sp³-hybridized carbons (Fsp3) is 0.714. The molecule has 0 N–H and O–H groups in total. The molecule has 4 heteroatoms. The second-order valence-electron chi connectivity index (χ2n) is 2.07. The lowest BCUT2D eigenvalue weighted by molar-refractivity contribution is 0.106. The molecule has 0 aromatic carbocycles. The van der Waals surface area contributed by atoms with Crippen LogP contribution in [0.5, 0.6) is 0 Å². The summed E-state index contributed by atoms with van der Waals surface area (Å²) in [5.41, 5.74) is 0. The summed E-state index contributed by atoms with van der Waals surface area (Å²) in [7, 11) is 0. The average molecular weight is 155 g/mol. The molecule has 0 aliphatic carbocycles. The molecule has 1 aliphatic heterocycles. The summed E-state index contributed by atoms with van der Waals surface area (Å²) in [6.45, 7) is 7.15. The largest absolute Gasteiger partial charge is 0.353 e. The van der Waals surface area contributed by atoms with Crippen LogP contribution in [-0.4, -0.2) is 14.8 Å². The van der Waals surface area contributed by atoms with Crippen molar-refractivity contribution >= 4 is 0 Å². The maximum absolute atomic E-state index is 5.10. The first-order chi connectivity index (χ1) is 5.38. The highest BCUT2D eigenvalue weighted by Crippen LogP contribution is 2.09. The Bertz CT molecular complexity index is 232. The first kappa shape index (κ1) is 8.20. The third-order valence-electron chi connectivity index (χ3n) is 1.46. The number of rotatable bonds is 0. The second kappa shape index (κ2) is 3.48. The fourth-order valence-corrected chi connectivity index (χ4v) is 0.928. The van der Waals surface area contributed by atoms with Gasteiger partial charge in [0.2, 0.25) is 0 Å². The van der Waals surface area contributed by atoms with Gasteiger partial charge in [-0.1, -0.05) is 13.8 Å². The normalized spacial score (nSPS) is 13.7. The molecule has 0 saturated carbocycles. The van der Waals surface area contributed by atoms with Crippen LogP contribution in [0.4, 0.5) is 0 Å². The van der Waals surface area contributed by atoms with Crippen LogP contribution in [0.15, 0.2) is 0 Å². The molecule has 2 heterocycles. The molecular formula is C7H13N3O. The standard InChI is InChI=1S/C5H7N3O.C2H6/c1-4-6-7-5-2-9-3-8(4)5;1-2/h2-3H2,1H3;1-2H3. The highest BCUT2D eigenvalue weighted by Gasteiger charge is 2.13. The maximum Gasteiger partial charge on any atom is 0.161 e. The van der Waals surface area contributed by atoms with Crippen molar-refractivity contribution < 1.29 is 4.74 Å². The molecule has 2 rings (SSSR count). The molecule has 0 unspecified atom stereocenters. The summed E-state index contributed by atoms with van der Waals surface area (Å²) in [6.07, 6.45) is 0. The van der Waals surface area contributed by atoms with Crippen LogP contribution in [-0.2, 0) is 18.1 Å². The number of aromatic nitrogens is 3. The third kappa shape index (κ3) is 1.40. The van der Waals surface area contributed by atoms with Gasteiger partial charge in [0.25, 0.3) is 0 Å². The zero-order valence-corrected chi connectivity index (χ0v) is 7.16. The summed E-state index contributed by atoms with van der Waals surface area (Å²) in [4.78, 5) is 0. The summed E-state index contributed by atoms with van der Waals surface area (Å²) < 4.78 is 7.05. The Balaban J connectivity index is 0.000000281. The first-order valence-corrected chi connectivity index (χ1v) is 3.84. The Hall–Kier alpha value is -0.900. The van der Waals surface area contributed by atoms with E-state index in [1.165, 1.54) is 0 Å². The summed E-state index contributed by atoms with van der Waals surface area (Å²) in [5, 5.41) is 7.76. The van der Waals surface area contributed by atoms with Crippen LogP contribution >= 0.6 is 0 Å². The van der Waals surface area contributed by atoms with Gasteiger partial charge >= 0.3 is 0 Å². The molecule has 1 aromatic rings. The van der Waals surface area contributed by atoms with E-state index in [4.69, 9.17) is 4.74 Å². The minimum Gasteiger partial charge on any atom is -0.353 e. The van der Waals surface area contributed by atoms with Crippen LogP contribution in [0, 0.1) is 6.92 Å². The van der Waals surface area contributed by atoms with Crippen LogP contribution in [0.25, 0.3) is 0 Å². The average Bonchev–Trinajstić information content (AvgIpc) is 2.60. The fourth-order valence-electron chi connectivity index (χ4n) is 0.928. The molecule has 0 fully saturated rings. The predicted molar refractivity (Wildman–Crippen MR) is 40.9 cm³/mol. The number of nitrogens with zero attached hydrogens (tertiary/aromatic N) is 3.